The van der Waals surface area contributed by atoms with Crippen molar-refractivity contribution >= 4 is 23.6 Å². The standard InChI is InChI=1S/C14H19ClN2O2/c1-5-19-7-6-10-9-16-12(15)8-11(10)13(18)17-14(2,3)4/h6-9H,5H2,1-4H3,(H,17,18)/b7-6+. The van der Waals surface area contributed by atoms with E-state index in [1.165, 1.54) is 0 Å². The number of halogens is 1. The molecule has 4 nitrogen and oxygen atoms in total. The molecular formula is C14H19ClN2O2. The van der Waals surface area contributed by atoms with Crippen molar-refractivity contribution in [1.82, 2.24) is 10.3 Å². The van der Waals surface area contributed by atoms with Crippen LogP contribution in [0.5, 0.6) is 0 Å². The predicted octanol–water partition coefficient (Wildman–Crippen LogP) is 3.27. The fraction of sp³-hybridized carbons (Fsp3) is 0.429. The van der Waals surface area contributed by atoms with Crippen LogP contribution in [0.4, 0.5) is 0 Å². The maximum absolute atomic E-state index is 12.2. The monoisotopic (exact) mass is 282 g/mol. The summed E-state index contributed by atoms with van der Waals surface area (Å²) < 4.78 is 5.13. The molecule has 0 fully saturated rings. The zero-order valence-corrected chi connectivity index (χ0v) is 12.4. The van der Waals surface area contributed by atoms with E-state index in [0.717, 1.165) is 0 Å². The summed E-state index contributed by atoms with van der Waals surface area (Å²) in [6.07, 6.45) is 4.79. The van der Waals surface area contributed by atoms with Gasteiger partial charge in [0.2, 0.25) is 0 Å². The first-order valence-electron chi connectivity index (χ1n) is 6.09. The number of rotatable bonds is 4. The SMILES string of the molecule is CCO/C=C/c1cnc(Cl)cc1C(=O)NC(C)(C)C. The van der Waals surface area contributed by atoms with Crippen LogP contribution in [-0.4, -0.2) is 23.0 Å². The summed E-state index contributed by atoms with van der Waals surface area (Å²) in [4.78, 5) is 16.2. The van der Waals surface area contributed by atoms with E-state index >= 15 is 0 Å². The quantitative estimate of drug-likeness (QED) is 0.681. The summed E-state index contributed by atoms with van der Waals surface area (Å²) in [7, 11) is 0. The van der Waals surface area contributed by atoms with E-state index in [1.807, 2.05) is 27.7 Å². The van der Waals surface area contributed by atoms with E-state index in [0.29, 0.717) is 17.7 Å². The molecule has 5 heteroatoms. The topological polar surface area (TPSA) is 51.2 Å². The number of carbonyl (C=O) groups is 1. The number of hydrogen-bond donors (Lipinski definition) is 1. The van der Waals surface area contributed by atoms with Gasteiger partial charge in [0, 0.05) is 17.3 Å². The molecule has 1 heterocycles. The Balaban J connectivity index is 3.03. The first-order valence-corrected chi connectivity index (χ1v) is 6.47. The van der Waals surface area contributed by atoms with Gasteiger partial charge in [0.25, 0.3) is 5.91 Å². The minimum absolute atomic E-state index is 0.187. The highest BCUT2D eigenvalue weighted by Crippen LogP contribution is 2.16. The molecule has 1 rings (SSSR count). The second-order valence-corrected chi connectivity index (χ2v) is 5.44. The number of aromatic nitrogens is 1. The number of carbonyl (C=O) groups excluding carboxylic acids is 1. The van der Waals surface area contributed by atoms with Crippen LogP contribution in [0.2, 0.25) is 5.15 Å². The van der Waals surface area contributed by atoms with Crippen LogP contribution < -0.4 is 5.32 Å². The Labute approximate surface area is 118 Å². The smallest absolute Gasteiger partial charge is 0.252 e. The van der Waals surface area contributed by atoms with Gasteiger partial charge in [-0.3, -0.25) is 4.79 Å². The van der Waals surface area contributed by atoms with Gasteiger partial charge in [-0.1, -0.05) is 11.6 Å². The molecule has 0 spiro atoms. The van der Waals surface area contributed by atoms with Gasteiger partial charge in [-0.05, 0) is 39.8 Å². The van der Waals surface area contributed by atoms with Gasteiger partial charge >= 0.3 is 0 Å². The van der Waals surface area contributed by atoms with Crippen LogP contribution in [0, 0.1) is 0 Å². The highest BCUT2D eigenvalue weighted by atomic mass is 35.5. The lowest BCUT2D eigenvalue weighted by molar-refractivity contribution is 0.0919. The molecule has 0 radical (unpaired) electrons. The second kappa shape index (κ2) is 6.57. The number of pyridine rings is 1. The number of nitrogens with one attached hydrogen (secondary N) is 1. The van der Waals surface area contributed by atoms with Gasteiger partial charge in [-0.15, -0.1) is 0 Å². The molecule has 0 aliphatic carbocycles. The molecule has 0 bridgehead atoms. The highest BCUT2D eigenvalue weighted by molar-refractivity contribution is 6.29. The second-order valence-electron chi connectivity index (χ2n) is 5.06. The van der Waals surface area contributed by atoms with Crippen molar-refractivity contribution in [3.05, 3.63) is 34.8 Å². The molecule has 19 heavy (non-hydrogen) atoms. The Hall–Kier alpha value is -1.55. The Bertz CT molecular complexity index is 479. The largest absolute Gasteiger partial charge is 0.501 e. The minimum atomic E-state index is -0.312. The lowest BCUT2D eigenvalue weighted by atomic mass is 10.1. The zero-order chi connectivity index (χ0) is 14.5. The first-order chi connectivity index (χ1) is 8.83. The maximum Gasteiger partial charge on any atom is 0.252 e. The molecule has 0 atom stereocenters. The molecule has 104 valence electrons. The fourth-order valence-corrected chi connectivity index (χ4v) is 1.55. The van der Waals surface area contributed by atoms with Gasteiger partial charge < -0.3 is 10.1 Å². The minimum Gasteiger partial charge on any atom is -0.501 e. The van der Waals surface area contributed by atoms with Crippen molar-refractivity contribution < 1.29 is 9.53 Å². The summed E-state index contributed by atoms with van der Waals surface area (Å²) >= 11 is 5.85. The van der Waals surface area contributed by atoms with Gasteiger partial charge in [0.15, 0.2) is 0 Å². The maximum atomic E-state index is 12.2. The Kier molecular flexibility index (Phi) is 5.36. The molecule has 1 N–H and O–H groups in total. The number of amides is 1. The average molecular weight is 283 g/mol. The lowest BCUT2D eigenvalue weighted by Crippen LogP contribution is -2.40. The number of nitrogens with zero attached hydrogens (tertiary/aromatic N) is 1. The van der Waals surface area contributed by atoms with Gasteiger partial charge in [-0.25, -0.2) is 4.98 Å². The summed E-state index contributed by atoms with van der Waals surface area (Å²) in [5.41, 5.74) is 0.832. The number of hydrogen-bond acceptors (Lipinski definition) is 3. The third-order valence-electron chi connectivity index (χ3n) is 2.15. The third kappa shape index (κ3) is 5.30. The van der Waals surface area contributed by atoms with E-state index < -0.39 is 0 Å². The molecule has 0 aliphatic heterocycles. The molecule has 1 aromatic heterocycles. The van der Waals surface area contributed by atoms with Crippen molar-refractivity contribution in [2.75, 3.05) is 6.61 Å². The van der Waals surface area contributed by atoms with Crippen LogP contribution in [0.25, 0.3) is 6.08 Å². The normalized spacial score (nSPS) is 11.6. The van der Waals surface area contributed by atoms with Crippen LogP contribution in [0.1, 0.15) is 43.6 Å². The molecule has 0 unspecified atom stereocenters. The molecule has 0 aliphatic rings. The van der Waals surface area contributed by atoms with E-state index in [9.17, 15) is 4.79 Å². The summed E-state index contributed by atoms with van der Waals surface area (Å²) in [6, 6.07) is 1.55. The van der Waals surface area contributed by atoms with E-state index in [1.54, 1.807) is 24.6 Å². The summed E-state index contributed by atoms with van der Waals surface area (Å²) in [6.45, 7) is 8.22. The Morgan fingerprint density at radius 1 is 1.53 bits per heavy atom. The van der Waals surface area contributed by atoms with E-state index in [-0.39, 0.29) is 16.6 Å². The van der Waals surface area contributed by atoms with Crippen LogP contribution in [-0.2, 0) is 4.74 Å². The molecule has 1 amide bonds. The van der Waals surface area contributed by atoms with E-state index in [2.05, 4.69) is 10.3 Å². The molecule has 1 aromatic rings. The molecule has 0 aromatic carbocycles. The highest BCUT2D eigenvalue weighted by Gasteiger charge is 2.17. The third-order valence-corrected chi connectivity index (χ3v) is 2.35. The Morgan fingerprint density at radius 2 is 2.21 bits per heavy atom. The van der Waals surface area contributed by atoms with Crippen LogP contribution in [0.15, 0.2) is 18.5 Å². The lowest BCUT2D eigenvalue weighted by Gasteiger charge is -2.21. The zero-order valence-electron chi connectivity index (χ0n) is 11.7. The molecule has 0 saturated heterocycles. The van der Waals surface area contributed by atoms with Crippen LogP contribution in [0.3, 0.4) is 0 Å². The Morgan fingerprint density at radius 3 is 2.79 bits per heavy atom. The van der Waals surface area contributed by atoms with E-state index in [4.69, 9.17) is 16.3 Å². The van der Waals surface area contributed by atoms with Crippen molar-refractivity contribution in [3.63, 3.8) is 0 Å². The molecular weight excluding hydrogens is 264 g/mol. The van der Waals surface area contributed by atoms with Gasteiger partial charge in [0.1, 0.15) is 5.15 Å². The summed E-state index contributed by atoms with van der Waals surface area (Å²) in [5, 5.41) is 3.18. The number of ether oxygens (including phenoxy) is 1. The van der Waals surface area contributed by atoms with Gasteiger partial charge in [0.05, 0.1) is 18.4 Å². The fourth-order valence-electron chi connectivity index (χ4n) is 1.40. The molecule has 0 saturated carbocycles. The van der Waals surface area contributed by atoms with Crippen molar-refractivity contribution in [2.45, 2.75) is 33.2 Å². The van der Waals surface area contributed by atoms with Crippen molar-refractivity contribution in [2.24, 2.45) is 0 Å². The van der Waals surface area contributed by atoms with Crippen molar-refractivity contribution in [1.29, 1.82) is 0 Å². The van der Waals surface area contributed by atoms with Gasteiger partial charge in [-0.2, -0.15) is 0 Å². The average Bonchev–Trinajstić information content (AvgIpc) is 2.29. The summed E-state index contributed by atoms with van der Waals surface area (Å²) in [5.74, 6) is -0.187. The van der Waals surface area contributed by atoms with Crippen LogP contribution >= 0.6 is 11.6 Å². The first kappa shape index (κ1) is 15.5. The predicted molar refractivity (Wildman–Crippen MR) is 77.1 cm³/mol. The van der Waals surface area contributed by atoms with Crippen molar-refractivity contribution in [3.8, 4) is 0 Å².